The van der Waals surface area contributed by atoms with Gasteiger partial charge in [0.05, 0.1) is 17.2 Å². The molecule has 3 aliphatic rings. The normalized spacial score (nSPS) is 29.4. The van der Waals surface area contributed by atoms with Gasteiger partial charge in [-0.15, -0.1) is 0 Å². The van der Waals surface area contributed by atoms with Gasteiger partial charge in [0.25, 0.3) is 0 Å². The second-order valence-electron chi connectivity index (χ2n) is 9.09. The van der Waals surface area contributed by atoms with E-state index in [1.165, 1.54) is 25.7 Å². The number of aryl methyl sites for hydroxylation is 1. The first-order chi connectivity index (χ1) is 14.7. The van der Waals surface area contributed by atoms with Crippen molar-refractivity contribution in [2.24, 2.45) is 11.8 Å². The van der Waals surface area contributed by atoms with E-state index in [0.29, 0.717) is 18.9 Å². The van der Waals surface area contributed by atoms with Gasteiger partial charge >= 0.3 is 0 Å². The van der Waals surface area contributed by atoms with Crippen LogP contribution in [0.3, 0.4) is 0 Å². The zero-order chi connectivity index (χ0) is 20.3. The minimum absolute atomic E-state index is 0.116. The molecule has 1 amide bonds. The molecule has 0 spiro atoms. The predicted octanol–water partition coefficient (Wildman–Crippen LogP) is 3.40. The number of hydrogen-bond acceptors (Lipinski definition) is 6. The molecule has 1 aliphatic carbocycles. The molecule has 1 aromatic carbocycles. The van der Waals surface area contributed by atoms with Crippen LogP contribution >= 0.6 is 0 Å². The minimum atomic E-state index is -0.202. The number of para-hydroxylation sites is 1. The molecule has 2 aromatic heterocycles. The number of nitrogens with one attached hydrogen (secondary N) is 1. The van der Waals surface area contributed by atoms with E-state index in [4.69, 9.17) is 8.83 Å². The third-order valence-electron chi connectivity index (χ3n) is 7.64. The molecule has 0 bridgehead atoms. The van der Waals surface area contributed by atoms with Crippen LogP contribution < -0.4 is 5.32 Å². The Bertz CT molecular complexity index is 1100. The summed E-state index contributed by atoms with van der Waals surface area (Å²) < 4.78 is 11.3. The zero-order valence-electron chi connectivity index (χ0n) is 17.1. The molecule has 30 heavy (non-hydrogen) atoms. The minimum Gasteiger partial charge on any atom is -0.448 e. The smallest absolute Gasteiger partial charge is 0.223 e. The molecule has 4 heterocycles. The van der Waals surface area contributed by atoms with E-state index in [1.54, 1.807) is 6.26 Å². The van der Waals surface area contributed by atoms with Crippen LogP contribution in [0.4, 0.5) is 0 Å². The summed E-state index contributed by atoms with van der Waals surface area (Å²) in [5.41, 5.74) is 3.35. The fourth-order valence-electron chi connectivity index (χ4n) is 6.05. The molecule has 3 unspecified atom stereocenters. The molecule has 1 saturated carbocycles. The molecule has 7 heteroatoms. The predicted molar refractivity (Wildman–Crippen MR) is 110 cm³/mol. The summed E-state index contributed by atoms with van der Waals surface area (Å²) in [7, 11) is 0. The lowest BCUT2D eigenvalue weighted by Crippen LogP contribution is -2.65. The summed E-state index contributed by atoms with van der Waals surface area (Å²) in [4.78, 5) is 24.7. The largest absolute Gasteiger partial charge is 0.448 e. The summed E-state index contributed by atoms with van der Waals surface area (Å²) in [6.07, 6.45) is 7.34. The summed E-state index contributed by atoms with van der Waals surface area (Å²) in [6.45, 7) is 4.15. The number of likely N-dealkylation sites (tertiary alicyclic amines) is 1. The van der Waals surface area contributed by atoms with Crippen LogP contribution in [-0.4, -0.2) is 39.4 Å². The molecule has 2 aliphatic heterocycles. The number of rotatable bonds is 4. The van der Waals surface area contributed by atoms with E-state index in [-0.39, 0.29) is 23.3 Å². The first kappa shape index (κ1) is 18.1. The Kier molecular flexibility index (Phi) is 4.03. The van der Waals surface area contributed by atoms with Crippen LogP contribution in [0.2, 0.25) is 0 Å². The number of fused-ring (bicyclic) bond motifs is 2. The van der Waals surface area contributed by atoms with Crippen LogP contribution in [0.15, 0.2) is 39.7 Å². The van der Waals surface area contributed by atoms with E-state index in [2.05, 4.69) is 26.3 Å². The molecule has 3 fully saturated rings. The van der Waals surface area contributed by atoms with Crippen molar-refractivity contribution in [3.8, 4) is 0 Å². The molecule has 3 atom stereocenters. The van der Waals surface area contributed by atoms with Gasteiger partial charge in [-0.1, -0.05) is 18.6 Å². The van der Waals surface area contributed by atoms with Gasteiger partial charge in [0, 0.05) is 37.5 Å². The van der Waals surface area contributed by atoms with Gasteiger partial charge < -0.3 is 19.1 Å². The first-order valence-electron chi connectivity index (χ1n) is 10.9. The number of carbonyl (C=O) groups is 1. The highest BCUT2D eigenvalue weighted by Gasteiger charge is 2.62. The summed E-state index contributed by atoms with van der Waals surface area (Å²) in [5.74, 6) is 1.83. The highest BCUT2D eigenvalue weighted by atomic mass is 16.3. The molecule has 156 valence electrons. The molecule has 7 nitrogen and oxygen atoms in total. The fraction of sp³-hybridized carbons (Fsp3) is 0.522. The SMILES string of the molecule is Cc1coc(C2CNCC3(C4CCC4)C2CC(=O)N3Cc2cccc3ocnc23)n1. The Balaban J connectivity index is 1.42. The van der Waals surface area contributed by atoms with Crippen molar-refractivity contribution in [2.45, 2.75) is 50.6 Å². The van der Waals surface area contributed by atoms with Gasteiger partial charge in [0.2, 0.25) is 5.91 Å². The van der Waals surface area contributed by atoms with E-state index >= 15 is 0 Å². The Morgan fingerprint density at radius 2 is 2.20 bits per heavy atom. The number of aromatic nitrogens is 2. The van der Waals surface area contributed by atoms with Crippen molar-refractivity contribution >= 4 is 17.0 Å². The van der Waals surface area contributed by atoms with Gasteiger partial charge in [0.15, 0.2) is 17.9 Å². The number of amides is 1. The number of piperidine rings is 1. The number of carbonyl (C=O) groups excluding carboxylic acids is 1. The second-order valence-corrected chi connectivity index (χ2v) is 9.09. The van der Waals surface area contributed by atoms with Gasteiger partial charge in [-0.25, -0.2) is 9.97 Å². The quantitative estimate of drug-likeness (QED) is 0.715. The summed E-state index contributed by atoms with van der Waals surface area (Å²) in [6, 6.07) is 5.96. The lowest BCUT2D eigenvalue weighted by molar-refractivity contribution is -0.135. The summed E-state index contributed by atoms with van der Waals surface area (Å²) >= 11 is 0. The van der Waals surface area contributed by atoms with Crippen LogP contribution in [-0.2, 0) is 11.3 Å². The third kappa shape index (κ3) is 2.51. The van der Waals surface area contributed by atoms with Crippen molar-refractivity contribution in [1.29, 1.82) is 0 Å². The van der Waals surface area contributed by atoms with Crippen LogP contribution in [0.1, 0.15) is 48.7 Å². The van der Waals surface area contributed by atoms with E-state index in [9.17, 15) is 4.79 Å². The number of benzene rings is 1. The maximum atomic E-state index is 13.5. The van der Waals surface area contributed by atoms with E-state index in [1.807, 2.05) is 19.1 Å². The van der Waals surface area contributed by atoms with Gasteiger partial charge in [-0.3, -0.25) is 4.79 Å². The van der Waals surface area contributed by atoms with Crippen molar-refractivity contribution in [3.63, 3.8) is 0 Å². The van der Waals surface area contributed by atoms with Gasteiger partial charge in [-0.2, -0.15) is 0 Å². The van der Waals surface area contributed by atoms with E-state index in [0.717, 1.165) is 41.3 Å². The molecule has 3 aromatic rings. The number of hydrogen-bond donors (Lipinski definition) is 1. The van der Waals surface area contributed by atoms with Crippen molar-refractivity contribution in [2.75, 3.05) is 13.1 Å². The molecular formula is C23H26N4O3. The van der Waals surface area contributed by atoms with Crippen molar-refractivity contribution < 1.29 is 13.6 Å². The van der Waals surface area contributed by atoms with Crippen LogP contribution in [0, 0.1) is 18.8 Å². The number of oxazole rings is 2. The second kappa shape index (κ2) is 6.67. The average molecular weight is 406 g/mol. The van der Waals surface area contributed by atoms with Crippen molar-refractivity contribution in [3.05, 3.63) is 48.0 Å². The van der Waals surface area contributed by atoms with Gasteiger partial charge in [0.1, 0.15) is 11.8 Å². The lowest BCUT2D eigenvalue weighted by atomic mass is 9.60. The average Bonchev–Trinajstić information content (AvgIpc) is 3.40. The number of nitrogens with zero attached hydrogens (tertiary/aromatic N) is 3. The molecule has 1 N–H and O–H groups in total. The maximum Gasteiger partial charge on any atom is 0.223 e. The topological polar surface area (TPSA) is 84.4 Å². The third-order valence-corrected chi connectivity index (χ3v) is 7.64. The van der Waals surface area contributed by atoms with Gasteiger partial charge in [-0.05, 0) is 31.7 Å². The molecule has 2 saturated heterocycles. The zero-order valence-corrected chi connectivity index (χ0v) is 17.1. The first-order valence-corrected chi connectivity index (χ1v) is 10.9. The standard InChI is InChI=1S/C23H26N4O3/c1-14-11-29-22(26-14)17-9-24-12-23(16-5-3-6-16)18(17)8-20(28)27(23)10-15-4-2-7-19-21(15)25-13-30-19/h2,4,7,11,13,16-18,24H,3,5-6,8-10,12H2,1H3. The van der Waals surface area contributed by atoms with Crippen molar-refractivity contribution in [1.82, 2.24) is 20.2 Å². The Hall–Kier alpha value is -2.67. The van der Waals surface area contributed by atoms with Crippen LogP contribution in [0.25, 0.3) is 11.1 Å². The molecule has 6 rings (SSSR count). The lowest BCUT2D eigenvalue weighted by Gasteiger charge is -2.55. The summed E-state index contributed by atoms with van der Waals surface area (Å²) in [5, 5.41) is 3.64. The Morgan fingerprint density at radius 1 is 1.30 bits per heavy atom. The monoisotopic (exact) mass is 406 g/mol. The Morgan fingerprint density at radius 3 is 2.97 bits per heavy atom. The van der Waals surface area contributed by atoms with E-state index < -0.39 is 0 Å². The Labute approximate surface area is 174 Å². The molecular weight excluding hydrogens is 380 g/mol. The highest BCUT2D eigenvalue weighted by molar-refractivity contribution is 5.82. The molecule has 0 radical (unpaired) electrons. The van der Waals surface area contributed by atoms with Crippen LogP contribution in [0.5, 0.6) is 0 Å². The fourth-order valence-corrected chi connectivity index (χ4v) is 6.05. The maximum absolute atomic E-state index is 13.5. The highest BCUT2D eigenvalue weighted by Crippen LogP contribution is 2.55.